The molecule has 0 aliphatic heterocycles. The maximum Gasteiger partial charge on any atom is 0.283 e. The fourth-order valence-electron chi connectivity index (χ4n) is 3.65. The lowest BCUT2D eigenvalue weighted by atomic mass is 10.1. The van der Waals surface area contributed by atoms with Crippen LogP contribution in [0.3, 0.4) is 0 Å². The predicted octanol–water partition coefficient (Wildman–Crippen LogP) is 3.01. The van der Waals surface area contributed by atoms with Crippen LogP contribution in [0.4, 0.5) is 4.39 Å². The first-order valence-corrected chi connectivity index (χ1v) is 9.56. The molecule has 0 saturated carbocycles. The highest BCUT2D eigenvalue weighted by molar-refractivity contribution is 5.83. The highest BCUT2D eigenvalue weighted by Crippen LogP contribution is 2.28. The lowest BCUT2D eigenvalue weighted by Gasteiger charge is -2.10. The summed E-state index contributed by atoms with van der Waals surface area (Å²) < 4.78 is 21.7. The van der Waals surface area contributed by atoms with Gasteiger partial charge in [-0.2, -0.15) is 9.61 Å². The van der Waals surface area contributed by atoms with Gasteiger partial charge in [-0.1, -0.05) is 30.3 Å². The van der Waals surface area contributed by atoms with Crippen LogP contribution in [0, 0.1) is 12.7 Å². The van der Waals surface area contributed by atoms with Gasteiger partial charge >= 0.3 is 0 Å². The molecule has 3 aromatic heterocycles. The summed E-state index contributed by atoms with van der Waals surface area (Å²) in [5.41, 5.74) is 3.53. The molecular formula is C22H17FN6O2. The van der Waals surface area contributed by atoms with E-state index in [9.17, 15) is 9.18 Å². The van der Waals surface area contributed by atoms with Crippen molar-refractivity contribution >= 4 is 16.8 Å². The average molecular weight is 416 g/mol. The Morgan fingerprint density at radius 3 is 2.58 bits per heavy atom. The zero-order chi connectivity index (χ0) is 21.5. The molecule has 0 atom stereocenters. The zero-order valence-corrected chi connectivity index (χ0v) is 16.8. The number of hydrogen-bond acceptors (Lipinski definition) is 6. The summed E-state index contributed by atoms with van der Waals surface area (Å²) in [6.45, 7) is 2.10. The lowest BCUT2D eigenvalue weighted by Crippen LogP contribution is -2.23. The molecule has 0 unspecified atom stereocenters. The van der Waals surface area contributed by atoms with Crippen molar-refractivity contribution < 1.29 is 9.13 Å². The van der Waals surface area contributed by atoms with Gasteiger partial charge in [0.1, 0.15) is 17.9 Å². The Kier molecular flexibility index (Phi) is 4.43. The standard InChI is InChI=1S/C22H17FN6O2/c1-13-18(14-7-9-16(23)10-8-14)20-26-25-19-21(29(20)27-13)24-12-28(22(19)30)11-15-5-3-4-6-17(15)31-2/h3-10,12H,11H2,1-2H3. The second kappa shape index (κ2) is 7.28. The van der Waals surface area contributed by atoms with E-state index in [1.165, 1.54) is 27.5 Å². The van der Waals surface area contributed by atoms with Gasteiger partial charge in [0.15, 0.2) is 16.8 Å². The third-order valence-corrected chi connectivity index (χ3v) is 5.14. The molecule has 0 N–H and O–H groups in total. The van der Waals surface area contributed by atoms with Crippen molar-refractivity contribution in [1.29, 1.82) is 0 Å². The van der Waals surface area contributed by atoms with E-state index in [0.29, 0.717) is 22.7 Å². The number of fused-ring (bicyclic) bond motifs is 3. The van der Waals surface area contributed by atoms with E-state index in [1.807, 2.05) is 31.2 Å². The number of nitrogens with zero attached hydrogens (tertiary/aromatic N) is 6. The molecule has 0 spiro atoms. The van der Waals surface area contributed by atoms with Gasteiger partial charge in [0.2, 0.25) is 0 Å². The number of methoxy groups -OCH3 is 1. The van der Waals surface area contributed by atoms with Gasteiger partial charge in [0.05, 0.1) is 24.9 Å². The molecule has 5 aromatic rings. The van der Waals surface area contributed by atoms with E-state index in [0.717, 1.165) is 16.7 Å². The quantitative estimate of drug-likeness (QED) is 0.448. The van der Waals surface area contributed by atoms with Crippen LogP contribution in [0.1, 0.15) is 11.3 Å². The first-order valence-electron chi connectivity index (χ1n) is 9.56. The Morgan fingerprint density at radius 2 is 1.81 bits per heavy atom. The van der Waals surface area contributed by atoms with E-state index >= 15 is 0 Å². The normalized spacial score (nSPS) is 11.3. The predicted molar refractivity (Wildman–Crippen MR) is 113 cm³/mol. The van der Waals surface area contributed by atoms with Gasteiger partial charge in [-0.25, -0.2) is 9.37 Å². The Bertz CT molecular complexity index is 1490. The number of aromatic nitrogens is 6. The molecule has 2 aromatic carbocycles. The molecule has 3 heterocycles. The molecule has 0 saturated heterocycles. The number of benzene rings is 2. The Labute approximate surface area is 175 Å². The van der Waals surface area contributed by atoms with Crippen molar-refractivity contribution in [3.05, 3.63) is 82.3 Å². The van der Waals surface area contributed by atoms with Crippen molar-refractivity contribution in [3.63, 3.8) is 0 Å². The van der Waals surface area contributed by atoms with E-state index in [4.69, 9.17) is 4.74 Å². The van der Waals surface area contributed by atoms with E-state index in [-0.39, 0.29) is 23.4 Å². The minimum absolute atomic E-state index is 0.109. The number of aryl methyl sites for hydroxylation is 1. The van der Waals surface area contributed by atoms with Crippen LogP contribution in [0.15, 0.2) is 59.7 Å². The molecule has 0 radical (unpaired) electrons. The van der Waals surface area contributed by atoms with Crippen LogP contribution >= 0.6 is 0 Å². The van der Waals surface area contributed by atoms with Crippen molar-refractivity contribution in [1.82, 2.24) is 29.4 Å². The molecule has 0 fully saturated rings. The number of ether oxygens (including phenoxy) is 1. The molecule has 0 aliphatic carbocycles. The highest BCUT2D eigenvalue weighted by atomic mass is 19.1. The topological polar surface area (TPSA) is 87.2 Å². The summed E-state index contributed by atoms with van der Waals surface area (Å²) in [7, 11) is 1.58. The summed E-state index contributed by atoms with van der Waals surface area (Å²) in [6, 6.07) is 13.5. The summed E-state index contributed by atoms with van der Waals surface area (Å²) in [4.78, 5) is 17.5. The van der Waals surface area contributed by atoms with Gasteiger partial charge in [-0.05, 0) is 30.7 Å². The molecule has 154 valence electrons. The SMILES string of the molecule is COc1ccccc1Cn1cnc2c(nnc3c(-c4ccc(F)cc4)c(C)nn32)c1=O. The van der Waals surface area contributed by atoms with E-state index in [1.54, 1.807) is 19.2 Å². The second-order valence-corrected chi connectivity index (χ2v) is 7.06. The monoisotopic (exact) mass is 416 g/mol. The van der Waals surface area contributed by atoms with E-state index < -0.39 is 0 Å². The molecule has 0 aliphatic rings. The van der Waals surface area contributed by atoms with Crippen molar-refractivity contribution in [2.24, 2.45) is 0 Å². The molecule has 9 heteroatoms. The summed E-state index contributed by atoms with van der Waals surface area (Å²) in [5, 5.41) is 12.9. The first-order chi connectivity index (χ1) is 15.1. The van der Waals surface area contributed by atoms with E-state index in [2.05, 4.69) is 20.3 Å². The summed E-state index contributed by atoms with van der Waals surface area (Å²) in [5.74, 6) is 0.356. The number of halogens is 1. The summed E-state index contributed by atoms with van der Waals surface area (Å²) in [6.07, 6.45) is 1.47. The number of rotatable bonds is 4. The Hall–Kier alpha value is -4.14. The van der Waals surface area contributed by atoms with Gasteiger partial charge in [0.25, 0.3) is 5.56 Å². The maximum atomic E-state index is 13.3. The van der Waals surface area contributed by atoms with Crippen LogP contribution < -0.4 is 10.3 Å². The number of para-hydroxylation sites is 1. The third-order valence-electron chi connectivity index (χ3n) is 5.14. The fraction of sp³-hybridized carbons (Fsp3) is 0.136. The molecular weight excluding hydrogens is 399 g/mol. The molecule has 8 nitrogen and oxygen atoms in total. The van der Waals surface area contributed by atoms with Crippen LogP contribution in [-0.2, 0) is 6.54 Å². The van der Waals surface area contributed by atoms with Gasteiger partial charge < -0.3 is 4.74 Å². The molecule has 5 rings (SSSR count). The lowest BCUT2D eigenvalue weighted by molar-refractivity contribution is 0.408. The maximum absolute atomic E-state index is 13.3. The molecule has 0 bridgehead atoms. The number of hydrogen-bond donors (Lipinski definition) is 0. The average Bonchev–Trinajstić information content (AvgIpc) is 3.12. The van der Waals surface area contributed by atoms with Crippen molar-refractivity contribution in [3.8, 4) is 16.9 Å². The summed E-state index contributed by atoms with van der Waals surface area (Å²) >= 11 is 0. The van der Waals surface area contributed by atoms with Gasteiger partial charge in [-0.15, -0.1) is 10.2 Å². The van der Waals surface area contributed by atoms with Gasteiger partial charge in [0, 0.05) is 5.56 Å². The third kappa shape index (κ3) is 3.10. The molecule has 0 amide bonds. The Balaban J connectivity index is 1.65. The molecule has 31 heavy (non-hydrogen) atoms. The highest BCUT2D eigenvalue weighted by Gasteiger charge is 2.18. The Morgan fingerprint density at radius 1 is 1.03 bits per heavy atom. The smallest absolute Gasteiger partial charge is 0.283 e. The zero-order valence-electron chi connectivity index (χ0n) is 16.8. The van der Waals surface area contributed by atoms with Crippen molar-refractivity contribution in [2.45, 2.75) is 13.5 Å². The first kappa shape index (κ1) is 18.9. The minimum Gasteiger partial charge on any atom is -0.496 e. The van der Waals surface area contributed by atoms with Crippen LogP contribution in [0.25, 0.3) is 27.9 Å². The second-order valence-electron chi connectivity index (χ2n) is 7.06. The van der Waals surface area contributed by atoms with Gasteiger partial charge in [-0.3, -0.25) is 9.36 Å². The van der Waals surface area contributed by atoms with Crippen molar-refractivity contribution in [2.75, 3.05) is 7.11 Å². The van der Waals surface area contributed by atoms with Crippen LogP contribution in [-0.4, -0.2) is 36.5 Å². The fourth-order valence-corrected chi connectivity index (χ4v) is 3.65. The largest absolute Gasteiger partial charge is 0.496 e. The minimum atomic E-state index is -0.332. The van der Waals surface area contributed by atoms with Crippen LogP contribution in [0.2, 0.25) is 0 Å². The van der Waals surface area contributed by atoms with Crippen LogP contribution in [0.5, 0.6) is 5.75 Å².